The van der Waals surface area contributed by atoms with E-state index in [0.717, 1.165) is 25.9 Å². The lowest BCUT2D eigenvalue weighted by molar-refractivity contribution is -0.00605. The molecule has 2 aromatic carbocycles. The van der Waals surface area contributed by atoms with Crippen molar-refractivity contribution in [2.75, 3.05) is 37.0 Å². The van der Waals surface area contributed by atoms with E-state index in [1.807, 2.05) is 0 Å². The van der Waals surface area contributed by atoms with E-state index < -0.39 is 23.3 Å². The van der Waals surface area contributed by atoms with Gasteiger partial charge in [-0.2, -0.15) is 0 Å². The van der Waals surface area contributed by atoms with E-state index in [4.69, 9.17) is 9.47 Å². The zero-order chi connectivity index (χ0) is 24.7. The van der Waals surface area contributed by atoms with Crippen LogP contribution in [0.2, 0.25) is 0 Å². The third-order valence-electron chi connectivity index (χ3n) is 6.87. The summed E-state index contributed by atoms with van der Waals surface area (Å²) in [5.41, 5.74) is 0.610. The number of phenols is 1. The fourth-order valence-electron chi connectivity index (χ4n) is 4.81. The normalized spacial score (nSPS) is 17.9. The number of piperidine rings is 1. The maximum atomic E-state index is 14.4. The van der Waals surface area contributed by atoms with Gasteiger partial charge in [-0.1, -0.05) is 6.07 Å². The number of ether oxygens (including phenoxy) is 2. The SMILES string of the molecule is COc1cc2ncnc(Nc3cccc(O)c3F)c2cc1N1CC2(CCN(C(C)C)CC2)OC1=O. The molecule has 3 heterocycles. The number of anilines is 3. The number of hydrogen-bond donors (Lipinski definition) is 2. The molecule has 35 heavy (non-hydrogen) atoms. The highest BCUT2D eigenvalue weighted by molar-refractivity contribution is 6.00. The zero-order valence-electron chi connectivity index (χ0n) is 19.9. The fourth-order valence-corrected chi connectivity index (χ4v) is 4.81. The predicted octanol–water partition coefficient (Wildman–Crippen LogP) is 4.43. The summed E-state index contributed by atoms with van der Waals surface area (Å²) in [6, 6.07) is 8.21. The predicted molar refractivity (Wildman–Crippen MR) is 130 cm³/mol. The van der Waals surface area contributed by atoms with Gasteiger partial charge in [-0.15, -0.1) is 0 Å². The second-order valence-corrected chi connectivity index (χ2v) is 9.29. The molecule has 3 aromatic rings. The molecule has 10 heteroatoms. The number of aromatic nitrogens is 2. The minimum absolute atomic E-state index is 0.0683. The smallest absolute Gasteiger partial charge is 0.415 e. The van der Waals surface area contributed by atoms with Crippen molar-refractivity contribution in [1.82, 2.24) is 14.9 Å². The average Bonchev–Trinajstić information content (AvgIpc) is 3.16. The molecule has 184 valence electrons. The van der Waals surface area contributed by atoms with E-state index in [9.17, 15) is 14.3 Å². The van der Waals surface area contributed by atoms with E-state index >= 15 is 0 Å². The number of nitrogens with one attached hydrogen (secondary N) is 1. The highest BCUT2D eigenvalue weighted by atomic mass is 19.1. The summed E-state index contributed by atoms with van der Waals surface area (Å²) in [6.45, 7) is 6.48. The molecule has 0 aliphatic carbocycles. The lowest BCUT2D eigenvalue weighted by Crippen LogP contribution is -2.48. The molecule has 0 unspecified atom stereocenters. The maximum absolute atomic E-state index is 14.4. The molecule has 2 aliphatic heterocycles. The third-order valence-corrected chi connectivity index (χ3v) is 6.87. The van der Waals surface area contributed by atoms with Crippen LogP contribution in [0, 0.1) is 5.82 Å². The van der Waals surface area contributed by atoms with E-state index in [1.54, 1.807) is 17.0 Å². The first-order chi connectivity index (χ1) is 16.8. The Morgan fingerprint density at radius 2 is 2.00 bits per heavy atom. The highest BCUT2D eigenvalue weighted by Gasteiger charge is 2.48. The fraction of sp³-hybridized carbons (Fsp3) is 0.400. The van der Waals surface area contributed by atoms with Gasteiger partial charge in [0.2, 0.25) is 0 Å². The molecule has 0 atom stereocenters. The van der Waals surface area contributed by atoms with Crippen molar-refractivity contribution in [2.24, 2.45) is 0 Å². The average molecular weight is 482 g/mol. The number of amides is 1. The minimum Gasteiger partial charge on any atom is -0.505 e. The molecule has 2 saturated heterocycles. The second kappa shape index (κ2) is 8.84. The van der Waals surface area contributed by atoms with Gasteiger partial charge >= 0.3 is 6.09 Å². The van der Waals surface area contributed by atoms with Gasteiger partial charge in [-0.3, -0.25) is 4.90 Å². The zero-order valence-corrected chi connectivity index (χ0v) is 19.9. The summed E-state index contributed by atoms with van der Waals surface area (Å²) in [5.74, 6) is -0.453. The first-order valence-electron chi connectivity index (χ1n) is 11.6. The van der Waals surface area contributed by atoms with Crippen LogP contribution in [0.5, 0.6) is 11.5 Å². The molecular formula is C25H28FN5O4. The Morgan fingerprint density at radius 1 is 1.23 bits per heavy atom. The van der Waals surface area contributed by atoms with E-state index in [0.29, 0.717) is 40.7 Å². The number of rotatable bonds is 5. The Bertz CT molecular complexity index is 1280. The van der Waals surface area contributed by atoms with Crippen molar-refractivity contribution in [3.63, 3.8) is 0 Å². The molecule has 0 radical (unpaired) electrons. The second-order valence-electron chi connectivity index (χ2n) is 9.29. The number of hydrogen-bond acceptors (Lipinski definition) is 8. The van der Waals surface area contributed by atoms with Crippen LogP contribution in [0.4, 0.5) is 26.4 Å². The van der Waals surface area contributed by atoms with Crippen molar-refractivity contribution in [3.05, 3.63) is 42.5 Å². The summed E-state index contributed by atoms with van der Waals surface area (Å²) >= 11 is 0. The molecule has 9 nitrogen and oxygen atoms in total. The largest absolute Gasteiger partial charge is 0.505 e. The first-order valence-corrected chi connectivity index (χ1v) is 11.6. The van der Waals surface area contributed by atoms with Crippen molar-refractivity contribution in [1.29, 1.82) is 0 Å². The number of halogens is 1. The molecule has 1 aromatic heterocycles. The monoisotopic (exact) mass is 481 g/mol. The maximum Gasteiger partial charge on any atom is 0.415 e. The summed E-state index contributed by atoms with van der Waals surface area (Å²) in [6.07, 6.45) is 2.45. The third kappa shape index (κ3) is 4.18. The number of nitrogens with zero attached hydrogens (tertiary/aromatic N) is 4. The summed E-state index contributed by atoms with van der Waals surface area (Å²) in [7, 11) is 1.53. The molecule has 5 rings (SSSR count). The van der Waals surface area contributed by atoms with Gasteiger partial charge in [0.05, 0.1) is 30.5 Å². The van der Waals surface area contributed by atoms with Crippen LogP contribution in [0.15, 0.2) is 36.7 Å². The quantitative estimate of drug-likeness (QED) is 0.552. The van der Waals surface area contributed by atoms with Gasteiger partial charge in [0.1, 0.15) is 23.5 Å². The molecule has 1 amide bonds. The number of phenolic OH excluding ortho intramolecular Hbond substituents is 1. The Labute approximate surface area is 202 Å². The van der Waals surface area contributed by atoms with Crippen molar-refractivity contribution < 1.29 is 23.8 Å². The number of aromatic hydroxyl groups is 1. The standard InChI is InChI=1S/C25H28FN5O4/c1-15(2)30-9-7-25(8-10-30)13-31(24(33)35-25)19-11-16-18(12-21(19)34-3)27-14-28-23(16)29-17-5-4-6-20(32)22(17)26/h4-6,11-12,14-15,32H,7-10,13H2,1-3H3,(H,27,28,29). The minimum atomic E-state index is -0.786. The van der Waals surface area contributed by atoms with Gasteiger partial charge < -0.3 is 24.8 Å². The van der Waals surface area contributed by atoms with Gasteiger partial charge in [-0.25, -0.2) is 19.2 Å². The summed E-state index contributed by atoms with van der Waals surface area (Å²) < 4.78 is 25.9. The molecule has 0 saturated carbocycles. The molecule has 1 spiro atoms. The van der Waals surface area contributed by atoms with Gasteiger partial charge in [0.15, 0.2) is 11.6 Å². The Balaban J connectivity index is 1.50. The lowest BCUT2D eigenvalue weighted by Gasteiger charge is -2.39. The van der Waals surface area contributed by atoms with Crippen molar-refractivity contribution in [3.8, 4) is 11.5 Å². The number of methoxy groups -OCH3 is 1. The first kappa shape index (κ1) is 23.1. The van der Waals surface area contributed by atoms with Crippen molar-refractivity contribution >= 4 is 34.2 Å². The Morgan fingerprint density at radius 3 is 2.71 bits per heavy atom. The molecule has 2 fully saturated rings. The number of carbonyl (C=O) groups is 1. The lowest BCUT2D eigenvalue weighted by atomic mass is 9.90. The van der Waals surface area contributed by atoms with E-state index in [1.165, 1.54) is 31.6 Å². The van der Waals surface area contributed by atoms with Crippen LogP contribution in [0.25, 0.3) is 10.9 Å². The Hall–Kier alpha value is -3.66. The van der Waals surface area contributed by atoms with Crippen LogP contribution in [0.1, 0.15) is 26.7 Å². The molecule has 0 bridgehead atoms. The van der Waals surface area contributed by atoms with E-state index in [2.05, 4.69) is 34.0 Å². The highest BCUT2D eigenvalue weighted by Crippen LogP contribution is 2.42. The number of likely N-dealkylation sites (tertiary alicyclic amines) is 1. The van der Waals surface area contributed by atoms with Crippen molar-refractivity contribution in [2.45, 2.75) is 38.3 Å². The molecule has 2 aliphatic rings. The van der Waals surface area contributed by atoms with Gasteiger partial charge in [0.25, 0.3) is 0 Å². The summed E-state index contributed by atoms with van der Waals surface area (Å²) in [5, 5.41) is 13.2. The van der Waals surface area contributed by atoms with Crippen LogP contribution < -0.4 is 15.0 Å². The Kier molecular flexibility index (Phi) is 5.84. The summed E-state index contributed by atoms with van der Waals surface area (Å²) in [4.78, 5) is 25.6. The topological polar surface area (TPSA) is 100 Å². The molecular weight excluding hydrogens is 453 g/mol. The number of carbonyl (C=O) groups excluding carboxylic acids is 1. The molecule has 2 N–H and O–H groups in total. The van der Waals surface area contributed by atoms with Crippen LogP contribution in [-0.2, 0) is 4.74 Å². The van der Waals surface area contributed by atoms with Crippen LogP contribution in [0.3, 0.4) is 0 Å². The van der Waals surface area contributed by atoms with Gasteiger partial charge in [-0.05, 0) is 32.0 Å². The number of fused-ring (bicyclic) bond motifs is 1. The van der Waals surface area contributed by atoms with Crippen LogP contribution in [-0.4, -0.2) is 64.5 Å². The van der Waals surface area contributed by atoms with Gasteiger partial charge in [0, 0.05) is 43.4 Å². The van der Waals surface area contributed by atoms with E-state index in [-0.39, 0.29) is 5.69 Å². The van der Waals surface area contributed by atoms with Crippen LogP contribution >= 0.6 is 0 Å². The number of benzene rings is 2.